The minimum absolute atomic E-state index is 0.265. The molecule has 6 heteroatoms. The first-order valence-electron chi connectivity index (χ1n) is 7.76. The van der Waals surface area contributed by atoms with E-state index in [2.05, 4.69) is 6.07 Å². The van der Waals surface area contributed by atoms with Gasteiger partial charge in [-0.3, -0.25) is 4.79 Å². The Morgan fingerprint density at radius 3 is 2.62 bits per heavy atom. The van der Waals surface area contributed by atoms with Crippen molar-refractivity contribution in [2.24, 2.45) is 0 Å². The molecular formula is C18H15N3O3. The number of benzene rings is 2. The highest BCUT2D eigenvalue weighted by molar-refractivity contribution is 6.25. The zero-order valence-electron chi connectivity index (χ0n) is 13.1. The standard InChI is InChI=1S/C18H15N3O3/c1-24-15-8-9-20-16(15)17(22)21(18(20)23)14-7-6-11(10-19)12-4-2-3-5-13(12)14/h2-7,15-16H,8-9H2,1H3/t15-,16-/m1/s1. The third-order valence-electron chi connectivity index (χ3n) is 4.82. The smallest absolute Gasteiger partial charge is 0.332 e. The Balaban J connectivity index is 1.86. The fourth-order valence-electron chi connectivity index (χ4n) is 3.67. The maximum absolute atomic E-state index is 12.9. The van der Waals surface area contributed by atoms with Gasteiger partial charge in [0.25, 0.3) is 5.91 Å². The Morgan fingerprint density at radius 2 is 1.92 bits per heavy atom. The van der Waals surface area contributed by atoms with Crippen LogP contribution in [0.2, 0.25) is 0 Å². The van der Waals surface area contributed by atoms with Gasteiger partial charge in [0.05, 0.1) is 23.4 Å². The molecule has 2 saturated heterocycles. The van der Waals surface area contributed by atoms with Gasteiger partial charge < -0.3 is 9.64 Å². The minimum atomic E-state index is -0.558. The highest BCUT2D eigenvalue weighted by Crippen LogP contribution is 2.36. The molecule has 0 bridgehead atoms. The van der Waals surface area contributed by atoms with Gasteiger partial charge in [-0.15, -0.1) is 0 Å². The van der Waals surface area contributed by atoms with Crippen LogP contribution in [0.15, 0.2) is 36.4 Å². The van der Waals surface area contributed by atoms with Crippen molar-refractivity contribution >= 4 is 28.4 Å². The van der Waals surface area contributed by atoms with E-state index in [1.165, 1.54) is 4.90 Å². The van der Waals surface area contributed by atoms with Crippen LogP contribution in [0.3, 0.4) is 0 Å². The van der Waals surface area contributed by atoms with Crippen LogP contribution in [0.5, 0.6) is 0 Å². The summed E-state index contributed by atoms with van der Waals surface area (Å²) in [4.78, 5) is 28.4. The van der Waals surface area contributed by atoms with Crippen molar-refractivity contribution in [1.82, 2.24) is 4.90 Å². The quantitative estimate of drug-likeness (QED) is 0.795. The van der Waals surface area contributed by atoms with Gasteiger partial charge in [-0.2, -0.15) is 5.26 Å². The zero-order chi connectivity index (χ0) is 16.8. The molecule has 0 aliphatic carbocycles. The van der Waals surface area contributed by atoms with Gasteiger partial charge in [-0.25, -0.2) is 9.69 Å². The summed E-state index contributed by atoms with van der Waals surface area (Å²) >= 11 is 0. The lowest BCUT2D eigenvalue weighted by atomic mass is 10.0. The normalized spacial score (nSPS) is 23.0. The summed E-state index contributed by atoms with van der Waals surface area (Å²) in [6.45, 7) is 0.512. The zero-order valence-corrected chi connectivity index (χ0v) is 13.1. The van der Waals surface area contributed by atoms with Crippen LogP contribution in [-0.2, 0) is 9.53 Å². The SMILES string of the molecule is CO[C@@H]1CCN2C(=O)N(c3ccc(C#N)c4ccccc34)C(=O)[C@@H]12. The number of nitrogens with zero attached hydrogens (tertiary/aromatic N) is 3. The maximum Gasteiger partial charge on any atom is 0.332 e. The molecule has 0 unspecified atom stereocenters. The molecule has 2 heterocycles. The molecule has 4 rings (SSSR count). The van der Waals surface area contributed by atoms with Crippen LogP contribution in [0.1, 0.15) is 12.0 Å². The van der Waals surface area contributed by atoms with Gasteiger partial charge in [0.15, 0.2) is 0 Å². The summed E-state index contributed by atoms with van der Waals surface area (Å²) in [5, 5.41) is 10.7. The van der Waals surface area contributed by atoms with Gasteiger partial charge >= 0.3 is 6.03 Å². The lowest BCUT2D eigenvalue weighted by molar-refractivity contribution is -0.121. The predicted molar refractivity (Wildman–Crippen MR) is 87.5 cm³/mol. The van der Waals surface area contributed by atoms with E-state index in [1.54, 1.807) is 24.1 Å². The van der Waals surface area contributed by atoms with E-state index >= 15 is 0 Å². The van der Waals surface area contributed by atoms with Crippen molar-refractivity contribution in [3.05, 3.63) is 42.0 Å². The monoisotopic (exact) mass is 321 g/mol. The summed E-state index contributed by atoms with van der Waals surface area (Å²) < 4.78 is 5.37. The molecule has 2 atom stereocenters. The summed E-state index contributed by atoms with van der Waals surface area (Å²) in [5.41, 5.74) is 1.03. The number of carbonyl (C=O) groups is 2. The van der Waals surface area contributed by atoms with Crippen molar-refractivity contribution in [3.63, 3.8) is 0 Å². The van der Waals surface area contributed by atoms with Crippen molar-refractivity contribution in [1.29, 1.82) is 5.26 Å². The molecule has 0 radical (unpaired) electrons. The number of methoxy groups -OCH3 is 1. The van der Waals surface area contributed by atoms with Gasteiger partial charge in [0.2, 0.25) is 0 Å². The molecule has 24 heavy (non-hydrogen) atoms. The largest absolute Gasteiger partial charge is 0.379 e. The van der Waals surface area contributed by atoms with E-state index in [9.17, 15) is 14.9 Å². The first-order chi connectivity index (χ1) is 11.7. The third kappa shape index (κ3) is 1.85. The summed E-state index contributed by atoms with van der Waals surface area (Å²) in [5.74, 6) is -0.265. The highest BCUT2D eigenvalue weighted by Gasteiger charge is 2.53. The number of anilines is 1. The van der Waals surface area contributed by atoms with E-state index < -0.39 is 6.04 Å². The Morgan fingerprint density at radius 1 is 1.17 bits per heavy atom. The number of amides is 3. The number of rotatable bonds is 2. The second-order valence-corrected chi connectivity index (χ2v) is 5.95. The summed E-state index contributed by atoms with van der Waals surface area (Å²) in [7, 11) is 1.56. The Kier molecular flexibility index (Phi) is 3.25. The number of urea groups is 1. The third-order valence-corrected chi connectivity index (χ3v) is 4.82. The lowest BCUT2D eigenvalue weighted by Gasteiger charge is -2.18. The van der Waals surface area contributed by atoms with Crippen LogP contribution in [0, 0.1) is 11.3 Å². The topological polar surface area (TPSA) is 73.6 Å². The average molecular weight is 321 g/mol. The number of ether oxygens (including phenoxy) is 1. The van der Waals surface area contributed by atoms with Gasteiger partial charge in [-0.1, -0.05) is 24.3 Å². The summed E-state index contributed by atoms with van der Waals surface area (Å²) in [6.07, 6.45) is 0.400. The van der Waals surface area contributed by atoms with Crippen molar-refractivity contribution in [3.8, 4) is 6.07 Å². The average Bonchev–Trinajstić information content (AvgIpc) is 3.14. The number of hydrogen-bond acceptors (Lipinski definition) is 4. The lowest BCUT2D eigenvalue weighted by Crippen LogP contribution is -2.37. The molecule has 3 amide bonds. The molecule has 120 valence electrons. The first kappa shape index (κ1) is 14.7. The van der Waals surface area contributed by atoms with Crippen LogP contribution in [0.25, 0.3) is 10.8 Å². The molecule has 2 aromatic rings. The molecule has 0 spiro atoms. The summed E-state index contributed by atoms with van der Waals surface area (Å²) in [6, 6.07) is 11.9. The fourth-order valence-corrected chi connectivity index (χ4v) is 3.67. The highest BCUT2D eigenvalue weighted by atomic mass is 16.5. The molecule has 2 aliphatic heterocycles. The van der Waals surface area contributed by atoms with Gasteiger partial charge in [-0.05, 0) is 18.6 Å². The maximum atomic E-state index is 12.9. The van der Waals surface area contributed by atoms with Crippen molar-refractivity contribution < 1.29 is 14.3 Å². The van der Waals surface area contributed by atoms with Crippen LogP contribution >= 0.6 is 0 Å². The van der Waals surface area contributed by atoms with Gasteiger partial charge in [0.1, 0.15) is 6.04 Å². The van der Waals surface area contributed by atoms with E-state index in [0.717, 1.165) is 5.39 Å². The fraction of sp³-hybridized carbons (Fsp3) is 0.278. The Bertz CT molecular complexity index is 902. The van der Waals surface area contributed by atoms with E-state index in [1.807, 2.05) is 24.3 Å². The second kappa shape index (κ2) is 5.32. The number of hydrogen-bond donors (Lipinski definition) is 0. The molecule has 0 saturated carbocycles. The molecule has 0 aromatic heterocycles. The first-order valence-corrected chi connectivity index (χ1v) is 7.76. The number of carbonyl (C=O) groups excluding carboxylic acids is 2. The number of nitriles is 1. The molecular weight excluding hydrogens is 306 g/mol. The molecule has 6 nitrogen and oxygen atoms in total. The van der Waals surface area contributed by atoms with E-state index in [-0.39, 0.29) is 18.0 Å². The minimum Gasteiger partial charge on any atom is -0.379 e. The van der Waals surface area contributed by atoms with Crippen LogP contribution in [-0.4, -0.2) is 42.6 Å². The van der Waals surface area contributed by atoms with Crippen molar-refractivity contribution in [2.75, 3.05) is 18.6 Å². The van der Waals surface area contributed by atoms with Crippen LogP contribution < -0.4 is 4.90 Å². The van der Waals surface area contributed by atoms with Crippen LogP contribution in [0.4, 0.5) is 10.5 Å². The van der Waals surface area contributed by atoms with E-state index in [4.69, 9.17) is 4.74 Å². The predicted octanol–water partition coefficient (Wildman–Crippen LogP) is 2.27. The molecule has 2 fully saturated rings. The number of fused-ring (bicyclic) bond motifs is 2. The van der Waals surface area contributed by atoms with E-state index in [0.29, 0.717) is 29.6 Å². The second-order valence-electron chi connectivity index (χ2n) is 5.95. The Labute approximate surface area is 138 Å². The molecule has 2 aromatic carbocycles. The number of imide groups is 1. The molecule has 0 N–H and O–H groups in total. The van der Waals surface area contributed by atoms with Crippen molar-refractivity contribution in [2.45, 2.75) is 18.6 Å². The molecule has 2 aliphatic rings. The Hall–Kier alpha value is -2.91. The van der Waals surface area contributed by atoms with Gasteiger partial charge in [0, 0.05) is 24.4 Å².